The van der Waals surface area contributed by atoms with Crippen LogP contribution in [0.5, 0.6) is 5.75 Å². The molecule has 0 heterocycles. The Kier molecular flexibility index (Phi) is 5.55. The van der Waals surface area contributed by atoms with Gasteiger partial charge >= 0.3 is 5.97 Å². The molecule has 0 radical (unpaired) electrons. The number of carbonyl (C=O) groups is 1. The van der Waals surface area contributed by atoms with E-state index in [4.69, 9.17) is 10.00 Å². The van der Waals surface area contributed by atoms with E-state index in [1.165, 1.54) is 19.2 Å². The van der Waals surface area contributed by atoms with Gasteiger partial charge in [-0.15, -0.1) is 0 Å². The van der Waals surface area contributed by atoms with Gasteiger partial charge in [-0.05, 0) is 24.6 Å². The molecule has 19 heavy (non-hydrogen) atoms. The van der Waals surface area contributed by atoms with Gasteiger partial charge in [0.15, 0.2) is 0 Å². The van der Waals surface area contributed by atoms with E-state index < -0.39 is 11.8 Å². The number of nitrogens with zero attached hydrogens (tertiary/aromatic N) is 1. The molecule has 100 valence electrons. The van der Waals surface area contributed by atoms with Crippen LogP contribution in [0.15, 0.2) is 29.8 Å². The van der Waals surface area contributed by atoms with Crippen LogP contribution in [0.25, 0.3) is 0 Å². The Hall–Kier alpha value is -2.35. The Bertz CT molecular complexity index is 532. The molecule has 0 aliphatic heterocycles. The molecular weight excluding hydrogens is 249 g/mol. The molecule has 0 atom stereocenters. The number of benzene rings is 1. The van der Waals surface area contributed by atoms with Gasteiger partial charge in [0.05, 0.1) is 12.7 Å². The number of halogens is 1. The SMILES string of the molecule is CCC(=CCOc1ccc(C#N)c(F)c1)C(=O)OC. The molecule has 0 bridgehead atoms. The molecule has 0 unspecified atom stereocenters. The number of carbonyl (C=O) groups excluding carboxylic acids is 1. The third-order valence-corrected chi connectivity index (χ3v) is 2.47. The van der Waals surface area contributed by atoms with Crippen LogP contribution >= 0.6 is 0 Å². The van der Waals surface area contributed by atoms with Crippen LogP contribution in [0.3, 0.4) is 0 Å². The Morgan fingerprint density at radius 1 is 1.53 bits per heavy atom. The Balaban J connectivity index is 2.67. The van der Waals surface area contributed by atoms with Crippen molar-refractivity contribution >= 4 is 5.97 Å². The van der Waals surface area contributed by atoms with Crippen LogP contribution < -0.4 is 4.74 Å². The molecule has 1 rings (SSSR count). The van der Waals surface area contributed by atoms with Crippen LogP contribution in [0.4, 0.5) is 4.39 Å². The van der Waals surface area contributed by atoms with Gasteiger partial charge in [-0.2, -0.15) is 5.26 Å². The van der Waals surface area contributed by atoms with Crippen LogP contribution in [0.1, 0.15) is 18.9 Å². The third kappa shape index (κ3) is 4.11. The fraction of sp³-hybridized carbons (Fsp3) is 0.286. The summed E-state index contributed by atoms with van der Waals surface area (Å²) in [5.74, 6) is -0.738. The topological polar surface area (TPSA) is 59.3 Å². The third-order valence-electron chi connectivity index (χ3n) is 2.47. The summed E-state index contributed by atoms with van der Waals surface area (Å²) in [6.45, 7) is 1.95. The lowest BCUT2D eigenvalue weighted by Crippen LogP contribution is -2.06. The minimum absolute atomic E-state index is 0.0355. The van der Waals surface area contributed by atoms with Crippen LogP contribution in [-0.4, -0.2) is 19.7 Å². The quantitative estimate of drug-likeness (QED) is 0.605. The molecule has 1 aromatic rings. The van der Waals surface area contributed by atoms with Gasteiger partial charge in [-0.25, -0.2) is 9.18 Å². The fourth-order valence-electron chi connectivity index (χ4n) is 1.42. The Labute approximate surface area is 111 Å². The summed E-state index contributed by atoms with van der Waals surface area (Å²) in [4.78, 5) is 11.3. The molecule has 0 saturated carbocycles. The normalized spacial score (nSPS) is 10.7. The molecule has 4 nitrogen and oxygen atoms in total. The maximum absolute atomic E-state index is 13.3. The van der Waals surface area contributed by atoms with Crippen molar-refractivity contribution in [1.29, 1.82) is 5.26 Å². The van der Waals surface area contributed by atoms with Crippen molar-refractivity contribution < 1.29 is 18.7 Å². The number of hydrogen-bond acceptors (Lipinski definition) is 4. The number of esters is 1. The standard InChI is InChI=1S/C14H14FNO3/c1-3-10(14(17)18-2)6-7-19-12-5-4-11(9-16)13(15)8-12/h4-6,8H,3,7H2,1-2H3. The maximum atomic E-state index is 13.3. The van der Waals surface area contributed by atoms with Gasteiger partial charge in [0.1, 0.15) is 24.2 Å². The smallest absolute Gasteiger partial charge is 0.333 e. The number of nitriles is 1. The molecule has 0 fully saturated rings. The first-order valence-corrected chi connectivity index (χ1v) is 5.72. The van der Waals surface area contributed by atoms with Crippen molar-refractivity contribution in [1.82, 2.24) is 0 Å². The minimum Gasteiger partial charge on any atom is -0.489 e. The van der Waals surface area contributed by atoms with Crippen molar-refractivity contribution in [3.05, 3.63) is 41.2 Å². The van der Waals surface area contributed by atoms with E-state index in [1.807, 2.05) is 6.92 Å². The first-order chi connectivity index (χ1) is 9.12. The summed E-state index contributed by atoms with van der Waals surface area (Å²) in [7, 11) is 1.31. The molecule has 0 aliphatic carbocycles. The second-order valence-corrected chi connectivity index (χ2v) is 3.64. The molecule has 0 saturated heterocycles. The second-order valence-electron chi connectivity index (χ2n) is 3.64. The average Bonchev–Trinajstić information content (AvgIpc) is 2.43. The molecule has 0 aromatic heterocycles. The highest BCUT2D eigenvalue weighted by Gasteiger charge is 2.07. The summed E-state index contributed by atoms with van der Waals surface area (Å²) >= 11 is 0. The first-order valence-electron chi connectivity index (χ1n) is 5.72. The van der Waals surface area contributed by atoms with E-state index in [9.17, 15) is 9.18 Å². The highest BCUT2D eigenvalue weighted by molar-refractivity contribution is 5.88. The lowest BCUT2D eigenvalue weighted by molar-refractivity contribution is -0.136. The van der Waals surface area contributed by atoms with Crippen molar-refractivity contribution in [3.8, 4) is 11.8 Å². The van der Waals surface area contributed by atoms with Gasteiger partial charge < -0.3 is 9.47 Å². The summed E-state index contributed by atoms with van der Waals surface area (Å²) < 4.78 is 23.2. The monoisotopic (exact) mass is 263 g/mol. The van der Waals surface area contributed by atoms with E-state index >= 15 is 0 Å². The average molecular weight is 263 g/mol. The summed E-state index contributed by atoms with van der Waals surface area (Å²) in [5, 5.41) is 8.59. The van der Waals surface area contributed by atoms with E-state index in [-0.39, 0.29) is 12.2 Å². The molecule has 5 heteroatoms. The maximum Gasteiger partial charge on any atom is 0.333 e. The first kappa shape index (κ1) is 14.7. The van der Waals surface area contributed by atoms with Crippen molar-refractivity contribution in [2.45, 2.75) is 13.3 Å². The molecule has 1 aromatic carbocycles. The van der Waals surface area contributed by atoms with Crippen molar-refractivity contribution in [3.63, 3.8) is 0 Å². The number of hydrogen-bond donors (Lipinski definition) is 0. The number of rotatable bonds is 5. The zero-order valence-corrected chi connectivity index (χ0v) is 10.8. The Morgan fingerprint density at radius 2 is 2.26 bits per heavy atom. The van der Waals surface area contributed by atoms with E-state index in [0.717, 1.165) is 6.07 Å². The van der Waals surface area contributed by atoms with Gasteiger partial charge in [0.2, 0.25) is 0 Å². The van der Waals surface area contributed by atoms with Gasteiger partial charge in [-0.3, -0.25) is 0 Å². The van der Waals surface area contributed by atoms with Crippen molar-refractivity contribution in [2.24, 2.45) is 0 Å². The molecular formula is C14H14FNO3. The Morgan fingerprint density at radius 3 is 2.79 bits per heavy atom. The summed E-state index contributed by atoms with van der Waals surface area (Å²) in [5.41, 5.74) is 0.461. The van der Waals surface area contributed by atoms with Gasteiger partial charge in [0.25, 0.3) is 0 Å². The largest absolute Gasteiger partial charge is 0.489 e. The molecule has 0 aliphatic rings. The van der Waals surface area contributed by atoms with Gasteiger partial charge in [0, 0.05) is 11.6 Å². The predicted molar refractivity (Wildman–Crippen MR) is 67.0 cm³/mol. The molecule has 0 N–H and O–H groups in total. The number of ether oxygens (including phenoxy) is 2. The lowest BCUT2D eigenvalue weighted by atomic mass is 10.2. The van der Waals surface area contributed by atoms with E-state index in [0.29, 0.717) is 17.7 Å². The van der Waals surface area contributed by atoms with E-state index in [1.54, 1.807) is 12.1 Å². The number of methoxy groups -OCH3 is 1. The van der Waals surface area contributed by atoms with Crippen LogP contribution in [0.2, 0.25) is 0 Å². The van der Waals surface area contributed by atoms with E-state index in [2.05, 4.69) is 4.74 Å². The highest BCUT2D eigenvalue weighted by Crippen LogP contribution is 2.16. The minimum atomic E-state index is -0.632. The predicted octanol–water partition coefficient (Wildman–Crippen LogP) is 2.59. The highest BCUT2D eigenvalue weighted by atomic mass is 19.1. The zero-order valence-electron chi connectivity index (χ0n) is 10.8. The fourth-order valence-corrected chi connectivity index (χ4v) is 1.42. The summed E-state index contributed by atoms with van der Waals surface area (Å²) in [6.07, 6.45) is 2.11. The zero-order chi connectivity index (χ0) is 14.3. The summed E-state index contributed by atoms with van der Waals surface area (Å²) in [6, 6.07) is 5.70. The lowest BCUT2D eigenvalue weighted by Gasteiger charge is -2.05. The van der Waals surface area contributed by atoms with Crippen LogP contribution in [-0.2, 0) is 9.53 Å². The van der Waals surface area contributed by atoms with Gasteiger partial charge in [-0.1, -0.05) is 6.92 Å². The second kappa shape index (κ2) is 7.17. The van der Waals surface area contributed by atoms with Crippen molar-refractivity contribution in [2.75, 3.05) is 13.7 Å². The van der Waals surface area contributed by atoms with Crippen LogP contribution in [0, 0.1) is 17.1 Å². The molecule has 0 amide bonds. The molecule has 0 spiro atoms.